The highest BCUT2D eigenvalue weighted by molar-refractivity contribution is 5.96. The zero-order valence-electron chi connectivity index (χ0n) is 14.4. The molecule has 0 spiro atoms. The number of benzene rings is 1. The van der Waals surface area contributed by atoms with E-state index < -0.39 is 18.5 Å². The van der Waals surface area contributed by atoms with E-state index in [1.165, 1.54) is 7.11 Å². The Morgan fingerprint density at radius 2 is 1.54 bits per heavy atom. The van der Waals surface area contributed by atoms with Crippen LogP contribution in [0, 0.1) is 0 Å². The molecule has 26 heavy (non-hydrogen) atoms. The van der Waals surface area contributed by atoms with Crippen LogP contribution in [0.15, 0.2) is 24.3 Å². The number of methoxy groups -OCH3 is 1. The van der Waals surface area contributed by atoms with E-state index in [2.05, 4.69) is 4.74 Å². The lowest BCUT2D eigenvalue weighted by atomic mass is 10.0. The van der Waals surface area contributed by atoms with Crippen molar-refractivity contribution in [1.29, 1.82) is 0 Å². The Bertz CT molecular complexity index is 594. The lowest BCUT2D eigenvalue weighted by Crippen LogP contribution is -2.36. The third-order valence-electron chi connectivity index (χ3n) is 3.91. The molecule has 0 bridgehead atoms. The molecule has 3 nitrogen and oxygen atoms in total. The molecule has 1 aromatic rings. The number of ketones is 1. The highest BCUT2D eigenvalue weighted by Crippen LogP contribution is 2.39. The first kappa shape index (κ1) is 22.1. The molecule has 0 radical (unpaired) electrons. The zero-order valence-corrected chi connectivity index (χ0v) is 14.4. The van der Waals surface area contributed by atoms with Gasteiger partial charge in [0.2, 0.25) is 0 Å². The molecule has 0 fully saturated rings. The molecular formula is C18H21F5O3. The van der Waals surface area contributed by atoms with Crippen molar-refractivity contribution in [2.45, 2.75) is 57.0 Å². The third-order valence-corrected chi connectivity index (χ3v) is 3.91. The molecule has 0 aliphatic rings. The van der Waals surface area contributed by atoms with E-state index in [9.17, 15) is 31.5 Å². The van der Waals surface area contributed by atoms with Gasteiger partial charge < -0.3 is 4.74 Å². The molecule has 1 aromatic carbocycles. The van der Waals surface area contributed by atoms with Crippen LogP contribution in [0.2, 0.25) is 0 Å². The maximum absolute atomic E-state index is 12.8. The molecule has 0 aliphatic carbocycles. The number of Topliss-reactive ketones (excluding diaryl/α,β-unsaturated/α-hetero) is 1. The highest BCUT2D eigenvalue weighted by Gasteiger charge is 2.56. The lowest BCUT2D eigenvalue weighted by molar-refractivity contribution is -0.284. The van der Waals surface area contributed by atoms with Crippen molar-refractivity contribution >= 4 is 11.8 Å². The molecular weight excluding hydrogens is 359 g/mol. The Balaban J connectivity index is 2.38. The number of carbonyl (C=O) groups excluding carboxylic acids is 2. The topological polar surface area (TPSA) is 43.4 Å². The van der Waals surface area contributed by atoms with Gasteiger partial charge >= 0.3 is 18.1 Å². The van der Waals surface area contributed by atoms with Crippen molar-refractivity contribution in [1.82, 2.24) is 0 Å². The summed E-state index contributed by atoms with van der Waals surface area (Å²) < 4.78 is 66.1. The summed E-state index contributed by atoms with van der Waals surface area (Å²) in [7, 11) is 1.31. The molecule has 0 amide bonds. The Morgan fingerprint density at radius 3 is 2.08 bits per heavy atom. The van der Waals surface area contributed by atoms with Gasteiger partial charge in [0.25, 0.3) is 0 Å². The number of aryl methyl sites for hydroxylation is 1. The molecule has 0 unspecified atom stereocenters. The van der Waals surface area contributed by atoms with Gasteiger partial charge in [0.15, 0.2) is 5.78 Å². The number of unbranched alkanes of at least 4 members (excludes halogenated alkanes) is 1. The van der Waals surface area contributed by atoms with E-state index in [1.807, 2.05) is 0 Å². The number of esters is 1. The molecule has 0 N–H and O–H groups in total. The number of carbonyl (C=O) groups is 2. The third kappa shape index (κ3) is 7.09. The van der Waals surface area contributed by atoms with E-state index in [-0.39, 0.29) is 31.0 Å². The molecule has 0 saturated heterocycles. The van der Waals surface area contributed by atoms with E-state index in [0.717, 1.165) is 5.56 Å². The van der Waals surface area contributed by atoms with Crippen LogP contribution in [0.5, 0.6) is 0 Å². The van der Waals surface area contributed by atoms with Crippen LogP contribution in [-0.2, 0) is 16.0 Å². The van der Waals surface area contributed by atoms with Crippen molar-refractivity contribution in [3.8, 4) is 0 Å². The Kier molecular flexibility index (Phi) is 8.17. The van der Waals surface area contributed by atoms with Crippen molar-refractivity contribution in [2.24, 2.45) is 0 Å². The minimum Gasteiger partial charge on any atom is -0.469 e. The fourth-order valence-electron chi connectivity index (χ4n) is 2.31. The van der Waals surface area contributed by atoms with Gasteiger partial charge in [-0.2, -0.15) is 22.0 Å². The van der Waals surface area contributed by atoms with Gasteiger partial charge in [-0.25, -0.2) is 0 Å². The summed E-state index contributed by atoms with van der Waals surface area (Å²) in [6.45, 7) is 0. The van der Waals surface area contributed by atoms with E-state index in [0.29, 0.717) is 24.8 Å². The van der Waals surface area contributed by atoms with Gasteiger partial charge in [-0.3, -0.25) is 9.59 Å². The Labute approximate surface area is 148 Å². The van der Waals surface area contributed by atoms with Crippen molar-refractivity contribution in [2.75, 3.05) is 7.11 Å². The summed E-state index contributed by atoms with van der Waals surface area (Å²) in [5.74, 6) is -5.32. The van der Waals surface area contributed by atoms with E-state index in [4.69, 9.17) is 0 Å². The van der Waals surface area contributed by atoms with Crippen molar-refractivity contribution < 1.29 is 36.3 Å². The summed E-state index contributed by atoms with van der Waals surface area (Å²) in [5, 5.41) is 0. The molecule has 0 saturated carbocycles. The predicted molar refractivity (Wildman–Crippen MR) is 85.2 cm³/mol. The van der Waals surface area contributed by atoms with Crippen LogP contribution in [0.4, 0.5) is 22.0 Å². The average Bonchev–Trinajstić information content (AvgIpc) is 2.58. The van der Waals surface area contributed by atoms with Gasteiger partial charge in [0.1, 0.15) is 0 Å². The summed E-state index contributed by atoms with van der Waals surface area (Å²) in [5.41, 5.74) is 1.31. The number of alkyl halides is 5. The molecule has 8 heteroatoms. The second kappa shape index (κ2) is 9.64. The zero-order chi connectivity index (χ0) is 19.8. The lowest BCUT2D eigenvalue weighted by Gasteiger charge is -2.19. The molecule has 0 aliphatic heterocycles. The molecule has 0 aromatic heterocycles. The second-order valence-corrected chi connectivity index (χ2v) is 5.96. The molecule has 0 atom stereocenters. The maximum Gasteiger partial charge on any atom is 0.453 e. The first-order chi connectivity index (χ1) is 12.1. The largest absolute Gasteiger partial charge is 0.469 e. The Morgan fingerprint density at radius 1 is 0.923 bits per heavy atom. The monoisotopic (exact) mass is 380 g/mol. The maximum atomic E-state index is 12.8. The van der Waals surface area contributed by atoms with Crippen LogP contribution in [0.1, 0.15) is 54.4 Å². The van der Waals surface area contributed by atoms with Crippen molar-refractivity contribution in [3.63, 3.8) is 0 Å². The first-order valence-corrected chi connectivity index (χ1v) is 8.20. The summed E-state index contributed by atoms with van der Waals surface area (Å²) >= 11 is 0. The Hall–Kier alpha value is -1.99. The molecule has 0 heterocycles. The summed E-state index contributed by atoms with van der Waals surface area (Å²) in [6.07, 6.45) is -5.85. The number of rotatable bonds is 10. The van der Waals surface area contributed by atoms with Gasteiger partial charge in [0, 0.05) is 24.8 Å². The quantitative estimate of drug-likeness (QED) is 0.245. The van der Waals surface area contributed by atoms with Crippen LogP contribution in [-0.4, -0.2) is 31.0 Å². The number of halogens is 5. The first-order valence-electron chi connectivity index (χ1n) is 8.20. The van der Waals surface area contributed by atoms with E-state index in [1.54, 1.807) is 24.3 Å². The van der Waals surface area contributed by atoms with Crippen molar-refractivity contribution in [3.05, 3.63) is 35.4 Å². The van der Waals surface area contributed by atoms with Crippen LogP contribution >= 0.6 is 0 Å². The van der Waals surface area contributed by atoms with Gasteiger partial charge in [0.05, 0.1) is 7.11 Å². The summed E-state index contributed by atoms with van der Waals surface area (Å²) in [6, 6.07) is 6.62. The summed E-state index contributed by atoms with van der Waals surface area (Å²) in [4.78, 5) is 23.0. The van der Waals surface area contributed by atoms with E-state index >= 15 is 0 Å². The van der Waals surface area contributed by atoms with Gasteiger partial charge in [-0.1, -0.05) is 24.3 Å². The predicted octanol–water partition coefficient (Wildman–Crippen LogP) is 5.12. The fourth-order valence-corrected chi connectivity index (χ4v) is 2.31. The number of ether oxygens (including phenoxy) is 1. The number of hydrogen-bond donors (Lipinski definition) is 0. The SMILES string of the molecule is COC(=O)CCCc1ccc(C(=O)CCCCC(F)(F)C(F)(F)F)cc1. The normalized spacial score (nSPS) is 12.1. The smallest absolute Gasteiger partial charge is 0.453 e. The standard InChI is InChI=1S/C18H21F5O3/c1-26-16(25)7-4-5-13-8-10-14(11-9-13)15(24)6-2-3-12-17(19,20)18(21,22)23/h8-11H,2-7,12H2,1H3. The average molecular weight is 380 g/mol. The molecule has 146 valence electrons. The van der Waals surface area contributed by atoms with Crippen LogP contribution in [0.25, 0.3) is 0 Å². The molecule has 1 rings (SSSR count). The minimum atomic E-state index is -5.55. The fraction of sp³-hybridized carbons (Fsp3) is 0.556. The van der Waals surface area contributed by atoms with Gasteiger partial charge in [-0.15, -0.1) is 0 Å². The highest BCUT2D eigenvalue weighted by atomic mass is 19.4. The van der Waals surface area contributed by atoms with Gasteiger partial charge in [-0.05, 0) is 31.2 Å². The van der Waals surface area contributed by atoms with Crippen LogP contribution < -0.4 is 0 Å². The second-order valence-electron chi connectivity index (χ2n) is 5.96. The number of hydrogen-bond acceptors (Lipinski definition) is 3. The minimum absolute atomic E-state index is 0.0363. The van der Waals surface area contributed by atoms with Crippen LogP contribution in [0.3, 0.4) is 0 Å².